The van der Waals surface area contributed by atoms with Crippen molar-refractivity contribution in [1.82, 2.24) is 0 Å². The molecule has 20 heavy (non-hydrogen) atoms. The molecule has 4 N–H and O–H groups in total. The van der Waals surface area contributed by atoms with Crippen LogP contribution < -0.4 is 11.5 Å². The first-order chi connectivity index (χ1) is 9.55. The Morgan fingerprint density at radius 1 is 1.00 bits per heavy atom. The molecule has 0 aromatic heterocycles. The van der Waals surface area contributed by atoms with Gasteiger partial charge in [-0.2, -0.15) is 0 Å². The molecule has 1 aromatic rings. The lowest BCUT2D eigenvalue weighted by Gasteiger charge is -2.33. The molecule has 0 aliphatic rings. The minimum absolute atomic E-state index is 0.482. The molecule has 0 saturated carbocycles. The molecule has 6 heteroatoms. The van der Waals surface area contributed by atoms with Crippen LogP contribution >= 0.6 is 0 Å². The molecule has 0 aliphatic carbocycles. The highest BCUT2D eigenvalue weighted by molar-refractivity contribution is 6.60. The zero-order valence-electron chi connectivity index (χ0n) is 12.6. The second-order valence-corrected chi connectivity index (χ2v) is 7.95. The fourth-order valence-electron chi connectivity index (χ4n) is 2.37. The van der Waals surface area contributed by atoms with E-state index in [1.54, 1.807) is 21.3 Å². The lowest BCUT2D eigenvalue weighted by atomic mass is 9.85. The van der Waals surface area contributed by atoms with Crippen LogP contribution in [0.3, 0.4) is 0 Å². The van der Waals surface area contributed by atoms with Crippen molar-refractivity contribution in [3.63, 3.8) is 0 Å². The summed E-state index contributed by atoms with van der Waals surface area (Å²) in [5.74, 6) is 0. The predicted octanol–water partition coefficient (Wildman–Crippen LogP) is 1.46. The van der Waals surface area contributed by atoms with Gasteiger partial charge in [-0.05, 0) is 24.9 Å². The second kappa shape index (κ2) is 7.87. The number of benzene rings is 1. The Hall–Kier alpha value is -0.763. The first-order valence-corrected chi connectivity index (χ1v) is 8.69. The first-order valence-electron chi connectivity index (χ1n) is 6.76. The van der Waals surface area contributed by atoms with Crippen LogP contribution in [0.25, 0.3) is 0 Å². The Bertz CT molecular complexity index is 379. The van der Waals surface area contributed by atoms with E-state index in [4.69, 9.17) is 24.7 Å². The third kappa shape index (κ3) is 4.11. The fourth-order valence-corrected chi connectivity index (χ4v) is 4.24. The molecular formula is C14H26N2O3Si. The summed E-state index contributed by atoms with van der Waals surface area (Å²) in [6, 6.07) is 10.7. The lowest BCUT2D eigenvalue weighted by molar-refractivity contribution is 0.120. The molecule has 0 aliphatic heterocycles. The zero-order chi connectivity index (χ0) is 15.1. The van der Waals surface area contributed by atoms with Gasteiger partial charge in [-0.3, -0.25) is 0 Å². The first kappa shape index (κ1) is 17.3. The lowest BCUT2D eigenvalue weighted by Crippen LogP contribution is -2.47. The van der Waals surface area contributed by atoms with E-state index in [-0.39, 0.29) is 0 Å². The van der Waals surface area contributed by atoms with Crippen molar-refractivity contribution in [2.75, 3.05) is 27.9 Å². The van der Waals surface area contributed by atoms with Gasteiger partial charge in [-0.25, -0.2) is 0 Å². The largest absolute Gasteiger partial charge is 0.500 e. The smallest absolute Gasteiger partial charge is 0.377 e. The number of hydrogen-bond acceptors (Lipinski definition) is 5. The summed E-state index contributed by atoms with van der Waals surface area (Å²) < 4.78 is 16.4. The van der Waals surface area contributed by atoms with E-state index in [1.165, 1.54) is 0 Å². The topological polar surface area (TPSA) is 79.7 Å². The molecule has 0 fully saturated rings. The standard InChI is InChI=1S/C14H26N2O3Si/c1-17-20(18-2,19-3)12-10-14(16,9-11-15)13-7-5-4-6-8-13/h4-8H,9-12,15-16H2,1-3H3. The Balaban J connectivity index is 2.87. The maximum atomic E-state index is 6.58. The van der Waals surface area contributed by atoms with Crippen LogP contribution in [-0.4, -0.2) is 36.7 Å². The molecule has 0 amide bonds. The molecule has 5 nitrogen and oxygen atoms in total. The Kier molecular flexibility index (Phi) is 6.80. The Labute approximate surface area is 122 Å². The maximum Gasteiger partial charge on any atom is 0.500 e. The molecule has 0 radical (unpaired) electrons. The summed E-state index contributed by atoms with van der Waals surface area (Å²) >= 11 is 0. The van der Waals surface area contributed by atoms with Gasteiger partial charge in [0.15, 0.2) is 0 Å². The van der Waals surface area contributed by atoms with Gasteiger partial charge in [-0.1, -0.05) is 30.3 Å². The number of hydrogen-bond donors (Lipinski definition) is 2. The number of rotatable bonds is 9. The van der Waals surface area contributed by atoms with Gasteiger partial charge < -0.3 is 24.7 Å². The molecule has 1 aromatic carbocycles. The van der Waals surface area contributed by atoms with E-state index in [0.29, 0.717) is 25.4 Å². The van der Waals surface area contributed by atoms with E-state index >= 15 is 0 Å². The maximum absolute atomic E-state index is 6.58. The van der Waals surface area contributed by atoms with Gasteiger partial charge >= 0.3 is 8.80 Å². The minimum Gasteiger partial charge on any atom is -0.377 e. The summed E-state index contributed by atoms with van der Waals surface area (Å²) in [6.07, 6.45) is 1.41. The second-order valence-electron chi connectivity index (χ2n) is 4.86. The Morgan fingerprint density at radius 2 is 1.55 bits per heavy atom. The van der Waals surface area contributed by atoms with E-state index in [2.05, 4.69) is 0 Å². The predicted molar refractivity (Wildman–Crippen MR) is 82.2 cm³/mol. The Morgan fingerprint density at radius 3 is 2.00 bits per heavy atom. The summed E-state index contributed by atoms with van der Waals surface area (Å²) in [7, 11) is 2.23. The van der Waals surface area contributed by atoms with Crippen LogP contribution in [-0.2, 0) is 18.8 Å². The van der Waals surface area contributed by atoms with Gasteiger partial charge in [0.05, 0.1) is 0 Å². The average Bonchev–Trinajstić information content (AvgIpc) is 2.50. The van der Waals surface area contributed by atoms with E-state index in [0.717, 1.165) is 5.56 Å². The minimum atomic E-state index is -2.61. The van der Waals surface area contributed by atoms with Crippen molar-refractivity contribution in [2.45, 2.75) is 24.4 Å². The van der Waals surface area contributed by atoms with Crippen molar-refractivity contribution in [3.8, 4) is 0 Å². The molecule has 0 heterocycles. The average molecular weight is 298 g/mol. The highest BCUT2D eigenvalue weighted by Gasteiger charge is 2.40. The third-order valence-corrected chi connectivity index (χ3v) is 6.48. The third-order valence-electron chi connectivity index (χ3n) is 3.75. The van der Waals surface area contributed by atoms with Crippen molar-refractivity contribution in [1.29, 1.82) is 0 Å². The van der Waals surface area contributed by atoms with E-state index in [9.17, 15) is 0 Å². The summed E-state index contributed by atoms with van der Waals surface area (Å²) in [6.45, 7) is 0.535. The van der Waals surface area contributed by atoms with Crippen molar-refractivity contribution >= 4 is 8.80 Å². The quantitative estimate of drug-likeness (QED) is 0.675. The van der Waals surface area contributed by atoms with Crippen LogP contribution in [0.15, 0.2) is 30.3 Å². The van der Waals surface area contributed by atoms with Gasteiger partial charge in [0.2, 0.25) is 0 Å². The monoisotopic (exact) mass is 298 g/mol. The molecule has 1 unspecified atom stereocenters. The van der Waals surface area contributed by atoms with Crippen molar-refractivity contribution in [3.05, 3.63) is 35.9 Å². The summed E-state index contributed by atoms with van der Waals surface area (Å²) in [5, 5.41) is 0. The highest BCUT2D eigenvalue weighted by Crippen LogP contribution is 2.30. The number of nitrogens with two attached hydrogens (primary N) is 2. The van der Waals surface area contributed by atoms with Gasteiger partial charge in [0.1, 0.15) is 0 Å². The molecule has 1 rings (SSSR count). The van der Waals surface area contributed by atoms with Crippen LogP contribution in [0.2, 0.25) is 6.04 Å². The highest BCUT2D eigenvalue weighted by atomic mass is 28.4. The molecule has 1 atom stereocenters. The molecular weight excluding hydrogens is 272 g/mol. The van der Waals surface area contributed by atoms with Crippen LogP contribution in [0, 0.1) is 0 Å². The van der Waals surface area contributed by atoms with Gasteiger partial charge in [-0.15, -0.1) is 0 Å². The SMILES string of the molecule is CO[Si](CCC(N)(CCN)c1ccccc1)(OC)OC. The summed E-state index contributed by atoms with van der Waals surface area (Å²) in [4.78, 5) is 0. The molecule has 0 spiro atoms. The van der Waals surface area contributed by atoms with Crippen molar-refractivity contribution < 1.29 is 13.3 Å². The van der Waals surface area contributed by atoms with Crippen LogP contribution in [0.1, 0.15) is 18.4 Å². The molecule has 0 bridgehead atoms. The van der Waals surface area contributed by atoms with Gasteiger partial charge in [0.25, 0.3) is 0 Å². The van der Waals surface area contributed by atoms with Gasteiger partial charge in [0, 0.05) is 32.9 Å². The fraction of sp³-hybridized carbons (Fsp3) is 0.571. The van der Waals surface area contributed by atoms with Crippen molar-refractivity contribution in [2.24, 2.45) is 11.5 Å². The molecule has 0 saturated heterocycles. The van der Waals surface area contributed by atoms with E-state index in [1.807, 2.05) is 30.3 Å². The van der Waals surface area contributed by atoms with E-state index < -0.39 is 14.3 Å². The normalized spacial score (nSPS) is 15.1. The van der Waals surface area contributed by atoms with Crippen LogP contribution in [0.5, 0.6) is 0 Å². The van der Waals surface area contributed by atoms with Crippen LogP contribution in [0.4, 0.5) is 0 Å². The zero-order valence-corrected chi connectivity index (χ0v) is 13.6. The summed E-state index contributed by atoms with van der Waals surface area (Å²) in [5.41, 5.74) is 12.9. The molecule has 114 valence electrons.